The number of likely N-dealkylation sites (N-methyl/N-ethyl adjacent to an activating group) is 1. The Bertz CT molecular complexity index is 489. The Morgan fingerprint density at radius 1 is 1.17 bits per heavy atom. The van der Waals surface area contributed by atoms with E-state index in [0.29, 0.717) is 6.04 Å². The van der Waals surface area contributed by atoms with Crippen molar-refractivity contribution < 1.29 is 4.74 Å². The van der Waals surface area contributed by atoms with E-state index in [0.717, 1.165) is 12.2 Å². The van der Waals surface area contributed by atoms with Crippen molar-refractivity contribution in [3.05, 3.63) is 51.7 Å². The van der Waals surface area contributed by atoms with E-state index in [4.69, 9.17) is 4.74 Å². The first-order valence-electron chi connectivity index (χ1n) is 6.09. The molecule has 1 aromatic heterocycles. The van der Waals surface area contributed by atoms with Crippen LogP contribution < -0.4 is 10.1 Å². The molecule has 0 saturated heterocycles. The maximum Gasteiger partial charge on any atom is 0.118 e. The molecule has 0 spiro atoms. The molecule has 1 aromatic carbocycles. The zero-order valence-electron chi connectivity index (χ0n) is 11.1. The molecule has 0 aliphatic heterocycles. The van der Waals surface area contributed by atoms with Crippen LogP contribution >= 0.6 is 11.3 Å². The fraction of sp³-hybridized carbons (Fsp3) is 0.333. The SMILES string of the molecule is CNC(Cc1ccc(OC)cc1)c1ccc(C)s1. The third kappa shape index (κ3) is 3.12. The maximum absolute atomic E-state index is 5.17. The fourth-order valence-corrected chi connectivity index (χ4v) is 2.97. The molecular formula is C15H19NOS. The highest BCUT2D eigenvalue weighted by Crippen LogP contribution is 2.26. The summed E-state index contributed by atoms with van der Waals surface area (Å²) in [5.41, 5.74) is 1.32. The second kappa shape index (κ2) is 6.03. The Labute approximate surface area is 113 Å². The van der Waals surface area contributed by atoms with Crippen LogP contribution in [-0.4, -0.2) is 14.2 Å². The smallest absolute Gasteiger partial charge is 0.118 e. The average molecular weight is 261 g/mol. The van der Waals surface area contributed by atoms with E-state index < -0.39 is 0 Å². The molecule has 0 aliphatic carbocycles. The van der Waals surface area contributed by atoms with Crippen molar-refractivity contribution in [3.63, 3.8) is 0 Å². The van der Waals surface area contributed by atoms with Gasteiger partial charge in [0.2, 0.25) is 0 Å². The number of rotatable bonds is 5. The van der Waals surface area contributed by atoms with Crippen molar-refractivity contribution >= 4 is 11.3 Å². The molecule has 2 rings (SSSR count). The van der Waals surface area contributed by atoms with Gasteiger partial charge in [-0.2, -0.15) is 0 Å². The summed E-state index contributed by atoms with van der Waals surface area (Å²) in [6.07, 6.45) is 1.00. The van der Waals surface area contributed by atoms with Crippen LogP contribution in [0.4, 0.5) is 0 Å². The predicted octanol–water partition coefficient (Wildman–Crippen LogP) is 3.57. The van der Waals surface area contributed by atoms with Crippen molar-refractivity contribution in [2.75, 3.05) is 14.2 Å². The molecule has 0 fully saturated rings. The molecule has 18 heavy (non-hydrogen) atoms. The van der Waals surface area contributed by atoms with Crippen molar-refractivity contribution in [1.82, 2.24) is 5.32 Å². The van der Waals surface area contributed by atoms with Crippen LogP contribution in [0.15, 0.2) is 36.4 Å². The number of thiophene rings is 1. The van der Waals surface area contributed by atoms with Gasteiger partial charge in [0.1, 0.15) is 5.75 Å². The Morgan fingerprint density at radius 2 is 1.89 bits per heavy atom. The summed E-state index contributed by atoms with van der Waals surface area (Å²) >= 11 is 1.86. The second-order valence-corrected chi connectivity index (χ2v) is 5.66. The third-order valence-corrected chi connectivity index (χ3v) is 4.17. The topological polar surface area (TPSA) is 21.3 Å². The third-order valence-electron chi connectivity index (χ3n) is 3.05. The summed E-state index contributed by atoms with van der Waals surface area (Å²) in [5.74, 6) is 0.909. The van der Waals surface area contributed by atoms with Crippen molar-refractivity contribution in [2.45, 2.75) is 19.4 Å². The van der Waals surface area contributed by atoms with E-state index in [1.807, 2.05) is 30.5 Å². The lowest BCUT2D eigenvalue weighted by atomic mass is 10.0. The minimum absolute atomic E-state index is 0.386. The van der Waals surface area contributed by atoms with Crippen molar-refractivity contribution in [2.24, 2.45) is 0 Å². The van der Waals surface area contributed by atoms with Crippen molar-refractivity contribution in [1.29, 1.82) is 0 Å². The summed E-state index contributed by atoms with van der Waals surface area (Å²) in [7, 11) is 3.71. The lowest BCUT2D eigenvalue weighted by Gasteiger charge is -2.14. The van der Waals surface area contributed by atoms with E-state index >= 15 is 0 Å². The monoisotopic (exact) mass is 261 g/mol. The molecular weight excluding hydrogens is 242 g/mol. The number of hydrogen-bond donors (Lipinski definition) is 1. The largest absolute Gasteiger partial charge is 0.497 e. The molecule has 1 N–H and O–H groups in total. The first-order valence-corrected chi connectivity index (χ1v) is 6.91. The van der Waals surface area contributed by atoms with Crippen LogP contribution in [0, 0.1) is 6.92 Å². The molecule has 1 heterocycles. The summed E-state index contributed by atoms with van der Waals surface area (Å²) < 4.78 is 5.17. The molecule has 0 radical (unpaired) electrons. The van der Waals surface area contributed by atoms with E-state index in [1.54, 1.807) is 7.11 Å². The molecule has 3 heteroatoms. The van der Waals surface area contributed by atoms with Gasteiger partial charge in [-0.3, -0.25) is 0 Å². The van der Waals surface area contributed by atoms with E-state index in [9.17, 15) is 0 Å². The average Bonchev–Trinajstić information content (AvgIpc) is 2.83. The minimum Gasteiger partial charge on any atom is -0.497 e. The lowest BCUT2D eigenvalue weighted by molar-refractivity contribution is 0.414. The highest BCUT2D eigenvalue weighted by atomic mass is 32.1. The number of ether oxygens (including phenoxy) is 1. The van der Waals surface area contributed by atoms with Gasteiger partial charge < -0.3 is 10.1 Å². The van der Waals surface area contributed by atoms with Crippen LogP contribution in [0.5, 0.6) is 5.75 Å². The van der Waals surface area contributed by atoms with Crippen molar-refractivity contribution in [3.8, 4) is 5.75 Å². The number of aryl methyl sites for hydroxylation is 1. The van der Waals surface area contributed by atoms with E-state index in [1.165, 1.54) is 15.3 Å². The van der Waals surface area contributed by atoms with Gasteiger partial charge in [-0.05, 0) is 50.2 Å². The molecule has 2 aromatic rings. The maximum atomic E-state index is 5.17. The molecule has 0 saturated carbocycles. The van der Waals surface area contributed by atoms with Gasteiger partial charge in [0.15, 0.2) is 0 Å². The lowest BCUT2D eigenvalue weighted by Crippen LogP contribution is -2.17. The number of hydrogen-bond acceptors (Lipinski definition) is 3. The normalized spacial score (nSPS) is 12.4. The highest BCUT2D eigenvalue weighted by molar-refractivity contribution is 7.12. The molecule has 0 amide bonds. The van der Waals surface area contributed by atoms with Gasteiger partial charge in [-0.15, -0.1) is 11.3 Å². The van der Waals surface area contributed by atoms with E-state index in [2.05, 4.69) is 36.5 Å². The highest BCUT2D eigenvalue weighted by Gasteiger charge is 2.11. The van der Waals surface area contributed by atoms with Gasteiger partial charge >= 0.3 is 0 Å². The quantitative estimate of drug-likeness (QED) is 0.888. The molecule has 0 aliphatic rings. The fourth-order valence-electron chi connectivity index (χ4n) is 1.98. The summed E-state index contributed by atoms with van der Waals surface area (Å²) in [5, 5.41) is 3.39. The van der Waals surface area contributed by atoms with E-state index in [-0.39, 0.29) is 0 Å². The van der Waals surface area contributed by atoms with Gasteiger partial charge in [-0.1, -0.05) is 12.1 Å². The van der Waals surface area contributed by atoms with Gasteiger partial charge in [0.25, 0.3) is 0 Å². The minimum atomic E-state index is 0.386. The van der Waals surface area contributed by atoms with Crippen LogP contribution in [0.1, 0.15) is 21.4 Å². The number of benzene rings is 1. The molecule has 2 nitrogen and oxygen atoms in total. The summed E-state index contributed by atoms with van der Waals surface area (Å²) in [6.45, 7) is 2.15. The van der Waals surface area contributed by atoms with Crippen LogP contribution in [-0.2, 0) is 6.42 Å². The van der Waals surface area contributed by atoms with Gasteiger partial charge in [0.05, 0.1) is 7.11 Å². The van der Waals surface area contributed by atoms with Crippen LogP contribution in [0.3, 0.4) is 0 Å². The Kier molecular flexibility index (Phi) is 4.39. The zero-order valence-corrected chi connectivity index (χ0v) is 11.9. The van der Waals surface area contributed by atoms with Crippen LogP contribution in [0.25, 0.3) is 0 Å². The Morgan fingerprint density at radius 3 is 2.39 bits per heavy atom. The van der Waals surface area contributed by atoms with Gasteiger partial charge in [0, 0.05) is 15.8 Å². The summed E-state index contributed by atoms with van der Waals surface area (Å²) in [6, 6.07) is 13.1. The van der Waals surface area contributed by atoms with Crippen LogP contribution in [0.2, 0.25) is 0 Å². The predicted molar refractivity (Wildman–Crippen MR) is 77.6 cm³/mol. The number of nitrogens with one attached hydrogen (secondary N) is 1. The molecule has 96 valence electrons. The standard InChI is InChI=1S/C15H19NOS/c1-11-4-9-15(18-11)14(16-2)10-12-5-7-13(17-3)8-6-12/h4-9,14,16H,10H2,1-3H3. The summed E-state index contributed by atoms with van der Waals surface area (Å²) in [4.78, 5) is 2.76. The molecule has 1 atom stereocenters. The second-order valence-electron chi connectivity index (χ2n) is 4.34. The first kappa shape index (κ1) is 13.1. The number of methoxy groups -OCH3 is 1. The first-order chi connectivity index (χ1) is 8.72. The Balaban J connectivity index is 2.10. The molecule has 1 unspecified atom stereocenters. The Hall–Kier alpha value is -1.32. The van der Waals surface area contributed by atoms with Gasteiger partial charge in [-0.25, -0.2) is 0 Å². The zero-order chi connectivity index (χ0) is 13.0. The molecule has 0 bridgehead atoms.